The summed E-state index contributed by atoms with van der Waals surface area (Å²) in [5, 5.41) is 4.65. The third-order valence-corrected chi connectivity index (χ3v) is 21.8. The van der Waals surface area contributed by atoms with Crippen molar-refractivity contribution in [3.63, 3.8) is 0 Å². The number of nitrogens with zero attached hydrogens (tertiary/aromatic N) is 1. The van der Waals surface area contributed by atoms with Crippen molar-refractivity contribution in [1.82, 2.24) is 0 Å². The van der Waals surface area contributed by atoms with Crippen LogP contribution in [0, 0.1) is 27.7 Å². The van der Waals surface area contributed by atoms with Crippen LogP contribution in [0.4, 0.5) is 17.1 Å². The number of hydrogen-bond acceptors (Lipinski definition) is 3. The molecule has 2 aromatic heterocycles. The van der Waals surface area contributed by atoms with Gasteiger partial charge < -0.3 is 13.7 Å². The second kappa shape index (κ2) is 17.3. The largest absolute Gasteiger partial charge is 0.456 e. The first-order valence-corrected chi connectivity index (χ1v) is 31.8. The predicted molar refractivity (Wildman–Crippen MR) is 370 cm³/mol. The fraction of sp³-hybridized carbons (Fsp3) is 0.103. The van der Waals surface area contributed by atoms with Crippen LogP contribution in [0.2, 0.25) is 0 Å². The minimum Gasteiger partial charge on any atom is -0.456 e. The first-order chi connectivity index (χ1) is 44.0. The Bertz CT molecular complexity index is 5690. The summed E-state index contributed by atoms with van der Waals surface area (Å²) in [6.45, 7) is 13.7. The highest BCUT2D eigenvalue weighted by Crippen LogP contribution is 2.70. The fourth-order valence-corrected chi connectivity index (χ4v) is 18.2. The first-order valence-electron chi connectivity index (χ1n) is 31.8. The SMILES string of the molecule is Cc1ccc(-c2cc3c(c4c2oc2ccccc24)-c2ccc(N(c4ccc5c(c4)C4(c6ccccc6-c6ccccc64)c4cc6c(cc4-5)C4(c5ccccc5-c5ccccc54)c4ccc5oc7ccccc7c5c4-6)c4ccc(C)cc4C)cc2C3(C)C)c(C)c1. The van der Waals surface area contributed by atoms with Crippen LogP contribution in [0.5, 0.6) is 0 Å². The molecule has 0 bridgehead atoms. The Morgan fingerprint density at radius 1 is 0.289 bits per heavy atom. The van der Waals surface area contributed by atoms with Crippen molar-refractivity contribution in [2.24, 2.45) is 0 Å². The highest BCUT2D eigenvalue weighted by molar-refractivity contribution is 6.20. The zero-order valence-corrected chi connectivity index (χ0v) is 50.9. The van der Waals surface area contributed by atoms with Crippen LogP contribution in [0.3, 0.4) is 0 Å². The van der Waals surface area contributed by atoms with E-state index in [0.29, 0.717) is 0 Å². The molecule has 0 amide bonds. The number of furan rings is 2. The summed E-state index contributed by atoms with van der Waals surface area (Å²) in [5.41, 5.74) is 38.6. The van der Waals surface area contributed by atoms with Crippen LogP contribution in [0.15, 0.2) is 258 Å². The van der Waals surface area contributed by atoms with Crippen LogP contribution >= 0.6 is 0 Å². The number of rotatable bonds is 4. The van der Waals surface area contributed by atoms with Crippen LogP contribution in [-0.2, 0) is 16.2 Å². The molecule has 2 heterocycles. The van der Waals surface area contributed by atoms with E-state index < -0.39 is 10.8 Å². The molecular formula is C87H59NO2. The maximum absolute atomic E-state index is 6.98. The van der Waals surface area contributed by atoms with Crippen molar-refractivity contribution in [1.29, 1.82) is 0 Å². The summed E-state index contributed by atoms with van der Waals surface area (Å²) >= 11 is 0. The van der Waals surface area contributed by atoms with Crippen molar-refractivity contribution < 1.29 is 8.83 Å². The molecule has 0 atom stereocenters. The average molecular weight is 1150 g/mol. The Hall–Kier alpha value is -10.7. The summed E-state index contributed by atoms with van der Waals surface area (Å²) in [6.07, 6.45) is 0. The van der Waals surface area contributed by atoms with Crippen LogP contribution < -0.4 is 4.90 Å². The van der Waals surface area contributed by atoms with Gasteiger partial charge in [0.25, 0.3) is 0 Å². The Morgan fingerprint density at radius 2 is 0.756 bits per heavy atom. The van der Waals surface area contributed by atoms with Gasteiger partial charge in [-0.05, 0) is 222 Å². The zero-order chi connectivity index (χ0) is 59.8. The van der Waals surface area contributed by atoms with E-state index in [1.165, 1.54) is 150 Å². The van der Waals surface area contributed by atoms with Gasteiger partial charge >= 0.3 is 0 Å². The van der Waals surface area contributed by atoms with Gasteiger partial charge in [-0.25, -0.2) is 0 Å². The summed E-state index contributed by atoms with van der Waals surface area (Å²) < 4.78 is 13.8. The third-order valence-electron chi connectivity index (χ3n) is 21.8. The maximum atomic E-state index is 6.98. The standard InChI is InChI=1S/C87H59NO2/c1-48-31-35-54(50(3)41-48)64-46-75-80(83-62-24-12-18-30-78(62)90-84(64)83)60-37-34-52(43-71(60)85(75,5)6)88(76-39-32-49(2)42-51(76)4)53-33-36-59-63-45-74-65(47-73(63)87(72(59)44-53)68-27-15-9-21-57(68)58-22-10-16-28-69(58)87)81-70(38-40-79-82(81)61-23-11-17-29-77(61)89-79)86(74)66-25-13-7-19-55(66)56-20-8-14-26-67(56)86/h7-47H,1-6H3. The molecule has 0 N–H and O–H groups in total. The van der Waals surface area contributed by atoms with Gasteiger partial charge in [0.05, 0.1) is 10.8 Å². The fourth-order valence-electron chi connectivity index (χ4n) is 18.2. The molecule has 90 heavy (non-hydrogen) atoms. The summed E-state index contributed by atoms with van der Waals surface area (Å²) in [4.78, 5) is 2.56. The molecule has 424 valence electrons. The van der Waals surface area contributed by atoms with E-state index in [2.05, 4.69) is 295 Å². The lowest BCUT2D eigenvalue weighted by molar-refractivity contribution is 0.657. The van der Waals surface area contributed by atoms with Crippen molar-refractivity contribution >= 4 is 60.9 Å². The van der Waals surface area contributed by atoms with Crippen LogP contribution in [-0.4, -0.2) is 0 Å². The van der Waals surface area contributed by atoms with E-state index in [4.69, 9.17) is 8.83 Å². The number of aryl methyl sites for hydroxylation is 4. The Labute approximate surface area is 522 Å². The van der Waals surface area contributed by atoms with Gasteiger partial charge in [-0.2, -0.15) is 0 Å². The molecule has 0 unspecified atom stereocenters. The molecule has 15 aromatic rings. The number of fused-ring (bicyclic) bond motifs is 31. The molecule has 20 rings (SSSR count). The molecule has 13 aromatic carbocycles. The molecule has 0 fully saturated rings. The Morgan fingerprint density at radius 3 is 1.39 bits per heavy atom. The Balaban J connectivity index is 0.854. The summed E-state index contributed by atoms with van der Waals surface area (Å²) in [7, 11) is 0. The first kappa shape index (κ1) is 50.3. The van der Waals surface area contributed by atoms with E-state index in [-0.39, 0.29) is 5.41 Å². The van der Waals surface area contributed by atoms with E-state index in [1.54, 1.807) is 0 Å². The zero-order valence-electron chi connectivity index (χ0n) is 50.9. The quantitative estimate of drug-likeness (QED) is 0.176. The van der Waals surface area contributed by atoms with Gasteiger partial charge in [-0.15, -0.1) is 0 Å². The molecule has 5 aliphatic carbocycles. The number of anilines is 3. The maximum Gasteiger partial charge on any atom is 0.143 e. The van der Waals surface area contributed by atoms with Gasteiger partial charge in [-0.1, -0.05) is 207 Å². The van der Waals surface area contributed by atoms with E-state index >= 15 is 0 Å². The number of para-hydroxylation sites is 2. The minimum absolute atomic E-state index is 0.361. The Kier molecular flexibility index (Phi) is 9.67. The monoisotopic (exact) mass is 1150 g/mol. The third kappa shape index (κ3) is 6.06. The van der Waals surface area contributed by atoms with Crippen molar-refractivity contribution in [3.8, 4) is 66.8 Å². The van der Waals surface area contributed by atoms with Crippen LogP contribution in [0.1, 0.15) is 91.7 Å². The lowest BCUT2D eigenvalue weighted by Crippen LogP contribution is -2.27. The molecule has 0 radical (unpaired) electrons. The molecule has 5 aliphatic rings. The molecule has 2 spiro atoms. The van der Waals surface area contributed by atoms with Gasteiger partial charge in [0.1, 0.15) is 22.3 Å². The van der Waals surface area contributed by atoms with Crippen molar-refractivity contribution in [3.05, 3.63) is 327 Å². The lowest BCUT2D eigenvalue weighted by atomic mass is 9.68. The van der Waals surface area contributed by atoms with E-state index in [1.807, 2.05) is 0 Å². The van der Waals surface area contributed by atoms with Gasteiger partial charge in [0, 0.05) is 49.6 Å². The molecule has 3 nitrogen and oxygen atoms in total. The smallest absolute Gasteiger partial charge is 0.143 e. The predicted octanol–water partition coefficient (Wildman–Crippen LogP) is 22.8. The highest BCUT2D eigenvalue weighted by Gasteiger charge is 2.57. The van der Waals surface area contributed by atoms with Crippen molar-refractivity contribution in [2.75, 3.05) is 4.90 Å². The summed E-state index contributed by atoms with van der Waals surface area (Å²) in [5.74, 6) is 0. The average Bonchev–Trinajstić information content (AvgIpc) is 1.49. The molecule has 0 saturated heterocycles. The topological polar surface area (TPSA) is 29.5 Å². The minimum atomic E-state index is -0.668. The van der Waals surface area contributed by atoms with Gasteiger partial charge in [0.2, 0.25) is 0 Å². The second-order valence-corrected chi connectivity index (χ2v) is 26.8. The molecule has 0 saturated carbocycles. The van der Waals surface area contributed by atoms with Gasteiger partial charge in [-0.3, -0.25) is 0 Å². The van der Waals surface area contributed by atoms with Crippen LogP contribution in [0.25, 0.3) is 111 Å². The van der Waals surface area contributed by atoms with Crippen molar-refractivity contribution in [2.45, 2.75) is 57.8 Å². The lowest BCUT2D eigenvalue weighted by Gasteiger charge is -2.33. The van der Waals surface area contributed by atoms with E-state index in [0.717, 1.165) is 55.7 Å². The summed E-state index contributed by atoms with van der Waals surface area (Å²) in [6, 6.07) is 95.0. The highest BCUT2D eigenvalue weighted by atomic mass is 16.3. The number of benzene rings is 13. The second-order valence-electron chi connectivity index (χ2n) is 26.8. The molecule has 3 heteroatoms. The number of hydrogen-bond donors (Lipinski definition) is 0. The van der Waals surface area contributed by atoms with E-state index in [9.17, 15) is 0 Å². The normalized spacial score (nSPS) is 14.8. The van der Waals surface area contributed by atoms with Gasteiger partial charge in [0.15, 0.2) is 0 Å². The molecular weight excluding hydrogens is 1090 g/mol. The molecule has 0 aliphatic heterocycles.